The molecule has 0 unspecified atom stereocenters. The molecule has 6 atom stereocenters. The molecule has 0 heterocycles. The summed E-state index contributed by atoms with van der Waals surface area (Å²) in [6.07, 6.45) is 7.68. The Bertz CT molecular complexity index is 472. The molecule has 2 fully saturated rings. The van der Waals surface area contributed by atoms with Crippen LogP contribution in [0.3, 0.4) is 0 Å². The number of aliphatic hydroxyl groups excluding tert-OH is 2. The summed E-state index contributed by atoms with van der Waals surface area (Å²) in [5.41, 5.74) is 2.75. The van der Waals surface area contributed by atoms with Gasteiger partial charge in [0.25, 0.3) is 0 Å². The lowest BCUT2D eigenvalue weighted by Gasteiger charge is -2.44. The summed E-state index contributed by atoms with van der Waals surface area (Å²) in [7, 11) is 0. The fourth-order valence-corrected chi connectivity index (χ4v) is 6.35. The lowest BCUT2D eigenvalue weighted by molar-refractivity contribution is 0.0445. The van der Waals surface area contributed by atoms with Crippen molar-refractivity contribution in [2.45, 2.75) is 71.8 Å². The number of fused-ring (bicyclic) bond motifs is 1. The van der Waals surface area contributed by atoms with Crippen LogP contribution in [0.1, 0.15) is 65.7 Å². The summed E-state index contributed by atoms with van der Waals surface area (Å²) < 4.78 is 0. The van der Waals surface area contributed by atoms with Crippen LogP contribution < -0.4 is 0 Å². The summed E-state index contributed by atoms with van der Waals surface area (Å²) in [5, 5.41) is 20.1. The summed E-state index contributed by atoms with van der Waals surface area (Å²) >= 11 is 3.59. The topological polar surface area (TPSA) is 40.5 Å². The van der Waals surface area contributed by atoms with Crippen molar-refractivity contribution in [2.24, 2.45) is 29.1 Å². The zero-order valence-corrected chi connectivity index (χ0v) is 17.2. The first-order valence-electron chi connectivity index (χ1n) is 9.64. The molecule has 0 aliphatic heterocycles. The molecule has 2 rings (SSSR count). The van der Waals surface area contributed by atoms with Crippen molar-refractivity contribution in [2.75, 3.05) is 6.61 Å². The van der Waals surface area contributed by atoms with Crippen LogP contribution in [-0.4, -0.2) is 22.9 Å². The second-order valence-electron chi connectivity index (χ2n) is 8.39. The number of aliphatic hydroxyl groups is 2. The predicted octanol–water partition coefficient (Wildman–Crippen LogP) is 5.44. The molecule has 2 aliphatic rings. The lowest BCUT2D eigenvalue weighted by atomic mass is 9.61. The Morgan fingerprint density at radius 2 is 2.17 bits per heavy atom. The predicted molar refractivity (Wildman–Crippen MR) is 105 cm³/mol. The van der Waals surface area contributed by atoms with Gasteiger partial charge in [0.2, 0.25) is 0 Å². The highest BCUT2D eigenvalue weighted by Crippen LogP contribution is 2.60. The van der Waals surface area contributed by atoms with Gasteiger partial charge in [-0.1, -0.05) is 48.9 Å². The summed E-state index contributed by atoms with van der Waals surface area (Å²) in [4.78, 5) is 2.18. The summed E-state index contributed by atoms with van der Waals surface area (Å²) in [6, 6.07) is 0. The molecule has 2 N–H and O–H groups in total. The van der Waals surface area contributed by atoms with Crippen molar-refractivity contribution in [3.05, 3.63) is 22.7 Å². The maximum Gasteiger partial charge on any atom is 0.0642 e. The molecule has 0 spiro atoms. The molecule has 2 nitrogen and oxygen atoms in total. The molecule has 138 valence electrons. The van der Waals surface area contributed by atoms with Gasteiger partial charge in [0, 0.05) is 5.92 Å². The fourth-order valence-electron chi connectivity index (χ4n) is 5.80. The number of hydrogen-bond acceptors (Lipinski definition) is 2. The van der Waals surface area contributed by atoms with Gasteiger partial charge in [-0.3, -0.25) is 0 Å². The van der Waals surface area contributed by atoms with E-state index in [-0.39, 0.29) is 18.6 Å². The van der Waals surface area contributed by atoms with Crippen LogP contribution in [0.5, 0.6) is 0 Å². The van der Waals surface area contributed by atoms with Crippen LogP contribution in [0.4, 0.5) is 0 Å². The lowest BCUT2D eigenvalue weighted by Crippen LogP contribution is -2.37. The Labute approximate surface area is 156 Å². The molecule has 0 aromatic heterocycles. The van der Waals surface area contributed by atoms with E-state index in [1.54, 1.807) is 5.57 Å². The number of allylic oxidation sites excluding steroid dienone is 1. The standard InChI is InChI=1S/C21H35BrO2/c1-5-17(15(3)13-23)20(24)11-14(2)18-8-9-19-16(12-22)7-6-10-21(18,19)4/h12,14,17-20,23-24H,3,5-11,13H2,1-2,4H3/t14-,17+,18-,19+,20+,21-/m1/s1. The fraction of sp³-hybridized carbons (Fsp3) is 0.810. The third-order valence-corrected chi connectivity index (χ3v) is 7.70. The third-order valence-electron chi connectivity index (χ3n) is 7.11. The van der Waals surface area contributed by atoms with E-state index in [1.165, 1.54) is 32.1 Å². The Morgan fingerprint density at radius 3 is 2.75 bits per heavy atom. The molecular weight excluding hydrogens is 364 g/mol. The Morgan fingerprint density at radius 1 is 1.46 bits per heavy atom. The average molecular weight is 399 g/mol. The van der Waals surface area contributed by atoms with Crippen molar-refractivity contribution in [1.29, 1.82) is 0 Å². The van der Waals surface area contributed by atoms with Gasteiger partial charge in [-0.05, 0) is 78.7 Å². The maximum absolute atomic E-state index is 10.7. The van der Waals surface area contributed by atoms with Crippen LogP contribution in [0, 0.1) is 29.1 Å². The van der Waals surface area contributed by atoms with Gasteiger partial charge in [-0.2, -0.15) is 0 Å². The molecule has 0 radical (unpaired) electrons. The van der Waals surface area contributed by atoms with Gasteiger partial charge in [0.15, 0.2) is 0 Å². The van der Waals surface area contributed by atoms with Crippen molar-refractivity contribution >= 4 is 15.9 Å². The molecule has 0 bridgehead atoms. The highest BCUT2D eigenvalue weighted by atomic mass is 79.9. The van der Waals surface area contributed by atoms with Crippen molar-refractivity contribution in [3.63, 3.8) is 0 Å². The van der Waals surface area contributed by atoms with Crippen molar-refractivity contribution in [3.8, 4) is 0 Å². The minimum absolute atomic E-state index is 0.0202. The minimum atomic E-state index is -0.387. The molecule has 0 aromatic carbocycles. The second kappa shape index (κ2) is 8.51. The van der Waals surface area contributed by atoms with Crippen molar-refractivity contribution in [1.82, 2.24) is 0 Å². The van der Waals surface area contributed by atoms with E-state index in [0.717, 1.165) is 18.4 Å². The Hall–Kier alpha value is -0.120. The maximum atomic E-state index is 10.7. The van der Waals surface area contributed by atoms with E-state index < -0.39 is 0 Å². The van der Waals surface area contributed by atoms with Crippen LogP contribution in [0.15, 0.2) is 22.7 Å². The van der Waals surface area contributed by atoms with Crippen LogP contribution in [0.2, 0.25) is 0 Å². The van der Waals surface area contributed by atoms with E-state index in [2.05, 4.69) is 48.3 Å². The average Bonchev–Trinajstić information content (AvgIpc) is 2.92. The summed E-state index contributed by atoms with van der Waals surface area (Å²) in [5.74, 6) is 1.92. The van der Waals surface area contributed by atoms with Gasteiger partial charge in [-0.15, -0.1) is 0 Å². The van der Waals surface area contributed by atoms with E-state index >= 15 is 0 Å². The molecule has 3 heteroatoms. The minimum Gasteiger partial charge on any atom is -0.392 e. The molecule has 24 heavy (non-hydrogen) atoms. The van der Waals surface area contributed by atoms with Gasteiger partial charge >= 0.3 is 0 Å². The first-order chi connectivity index (χ1) is 11.4. The largest absolute Gasteiger partial charge is 0.392 e. The summed E-state index contributed by atoms with van der Waals surface area (Å²) in [6.45, 7) is 10.8. The monoisotopic (exact) mass is 398 g/mol. The highest BCUT2D eigenvalue weighted by Gasteiger charge is 2.50. The zero-order chi connectivity index (χ0) is 17.9. The number of rotatable bonds is 7. The second-order valence-corrected chi connectivity index (χ2v) is 8.85. The quantitative estimate of drug-likeness (QED) is 0.560. The van der Waals surface area contributed by atoms with Gasteiger partial charge < -0.3 is 10.2 Å². The zero-order valence-electron chi connectivity index (χ0n) is 15.6. The van der Waals surface area contributed by atoms with Crippen molar-refractivity contribution < 1.29 is 10.2 Å². The smallest absolute Gasteiger partial charge is 0.0642 e. The van der Waals surface area contributed by atoms with E-state index in [1.807, 2.05) is 0 Å². The number of hydrogen-bond donors (Lipinski definition) is 2. The molecule has 2 aliphatic carbocycles. The highest BCUT2D eigenvalue weighted by molar-refractivity contribution is 9.11. The SMILES string of the molecule is C=C(CO)[C@H](CC)[C@@H](O)C[C@@H](C)[C@H]1CC[C@H]2C(=CBr)CCC[C@]12C. The van der Waals surface area contributed by atoms with Crippen LogP contribution in [0.25, 0.3) is 0 Å². The Balaban J connectivity index is 2.07. The number of halogens is 1. The van der Waals surface area contributed by atoms with E-state index in [0.29, 0.717) is 23.2 Å². The van der Waals surface area contributed by atoms with E-state index in [9.17, 15) is 10.2 Å². The molecule has 0 aromatic rings. The van der Waals surface area contributed by atoms with Crippen LogP contribution >= 0.6 is 15.9 Å². The molecule has 0 amide bonds. The van der Waals surface area contributed by atoms with Gasteiger partial charge in [0.1, 0.15) is 0 Å². The van der Waals surface area contributed by atoms with Gasteiger partial charge in [0.05, 0.1) is 12.7 Å². The Kier molecular flexibility index (Phi) is 7.16. The first-order valence-corrected chi connectivity index (χ1v) is 10.6. The van der Waals surface area contributed by atoms with Crippen LogP contribution in [-0.2, 0) is 0 Å². The normalized spacial score (nSPS) is 35.5. The molecule has 2 saturated carbocycles. The van der Waals surface area contributed by atoms with E-state index in [4.69, 9.17) is 0 Å². The molecule has 0 saturated heterocycles. The third kappa shape index (κ3) is 3.83. The first kappa shape index (κ1) is 20.2. The molecular formula is C21H35BrO2. The van der Waals surface area contributed by atoms with Gasteiger partial charge in [-0.25, -0.2) is 0 Å².